The predicted molar refractivity (Wildman–Crippen MR) is 68.8 cm³/mol. The van der Waals surface area contributed by atoms with E-state index >= 15 is 0 Å². The van der Waals surface area contributed by atoms with Gasteiger partial charge in [-0.1, -0.05) is 38.1 Å². The molecule has 1 aliphatic rings. The zero-order chi connectivity index (χ0) is 11.5. The summed E-state index contributed by atoms with van der Waals surface area (Å²) in [7, 11) is 2.19. The Morgan fingerprint density at radius 3 is 2.50 bits per heavy atom. The van der Waals surface area contributed by atoms with Crippen molar-refractivity contribution in [2.45, 2.75) is 25.8 Å². The van der Waals surface area contributed by atoms with Gasteiger partial charge in [0.25, 0.3) is 0 Å². The molecule has 0 bridgehead atoms. The van der Waals surface area contributed by atoms with Gasteiger partial charge >= 0.3 is 0 Å². The third kappa shape index (κ3) is 2.63. The lowest BCUT2D eigenvalue weighted by atomic mass is 9.98. The molecular formula is C14H22N2. The van der Waals surface area contributed by atoms with E-state index in [0.717, 1.165) is 19.6 Å². The Bertz CT molecular complexity index is 329. The number of likely N-dealkylation sites (N-methyl/N-ethyl adjacent to an activating group) is 1. The first-order valence-corrected chi connectivity index (χ1v) is 6.18. The normalized spacial score (nSPS) is 22.6. The maximum absolute atomic E-state index is 3.57. The van der Waals surface area contributed by atoms with Gasteiger partial charge in [-0.05, 0) is 24.1 Å². The van der Waals surface area contributed by atoms with Crippen LogP contribution in [0.5, 0.6) is 0 Å². The Kier molecular flexibility index (Phi) is 3.62. The number of nitrogens with one attached hydrogen (secondary N) is 1. The molecule has 1 aliphatic heterocycles. The van der Waals surface area contributed by atoms with Crippen molar-refractivity contribution in [2.24, 2.45) is 0 Å². The Morgan fingerprint density at radius 1 is 1.25 bits per heavy atom. The molecule has 0 aliphatic carbocycles. The highest BCUT2D eigenvalue weighted by Gasteiger charge is 2.17. The lowest BCUT2D eigenvalue weighted by molar-refractivity contribution is 0.241. The molecule has 2 heteroatoms. The minimum absolute atomic E-state index is 0.500. The summed E-state index contributed by atoms with van der Waals surface area (Å²) < 4.78 is 0. The predicted octanol–water partition coefficient (Wildman–Crippen LogP) is 2.39. The molecule has 0 spiro atoms. The molecule has 0 radical (unpaired) electrons. The zero-order valence-corrected chi connectivity index (χ0v) is 10.5. The second-order valence-corrected chi connectivity index (χ2v) is 5.09. The molecule has 0 saturated carbocycles. The highest BCUT2D eigenvalue weighted by Crippen LogP contribution is 2.20. The number of nitrogens with zero attached hydrogens (tertiary/aromatic N) is 1. The van der Waals surface area contributed by atoms with Gasteiger partial charge in [0.15, 0.2) is 0 Å². The minimum Gasteiger partial charge on any atom is -0.308 e. The molecule has 1 heterocycles. The van der Waals surface area contributed by atoms with Crippen LogP contribution in [-0.4, -0.2) is 31.6 Å². The molecule has 1 unspecified atom stereocenters. The quantitative estimate of drug-likeness (QED) is 0.820. The molecule has 1 N–H and O–H groups in total. The van der Waals surface area contributed by atoms with Crippen LogP contribution in [0.4, 0.5) is 0 Å². The summed E-state index contributed by atoms with van der Waals surface area (Å²) in [6.07, 6.45) is 0. The van der Waals surface area contributed by atoms with Crippen molar-refractivity contribution in [1.29, 1.82) is 0 Å². The van der Waals surface area contributed by atoms with Gasteiger partial charge < -0.3 is 10.2 Å². The smallest absolute Gasteiger partial charge is 0.0449 e. The minimum atomic E-state index is 0.500. The molecule has 16 heavy (non-hydrogen) atoms. The van der Waals surface area contributed by atoms with Crippen LogP contribution < -0.4 is 5.32 Å². The van der Waals surface area contributed by atoms with Crippen LogP contribution >= 0.6 is 0 Å². The van der Waals surface area contributed by atoms with Crippen molar-refractivity contribution >= 4 is 0 Å². The van der Waals surface area contributed by atoms with E-state index in [4.69, 9.17) is 0 Å². The van der Waals surface area contributed by atoms with E-state index in [1.54, 1.807) is 0 Å². The van der Waals surface area contributed by atoms with E-state index in [1.165, 1.54) is 11.1 Å². The lowest BCUT2D eigenvalue weighted by Gasteiger charge is -2.31. The summed E-state index contributed by atoms with van der Waals surface area (Å²) in [5.41, 5.74) is 2.84. The summed E-state index contributed by atoms with van der Waals surface area (Å²) >= 11 is 0. The second-order valence-electron chi connectivity index (χ2n) is 5.09. The number of rotatable bonds is 2. The van der Waals surface area contributed by atoms with Crippen LogP contribution in [0.25, 0.3) is 0 Å². The Morgan fingerprint density at radius 2 is 1.94 bits per heavy atom. The van der Waals surface area contributed by atoms with Gasteiger partial charge in [0.1, 0.15) is 0 Å². The second kappa shape index (κ2) is 4.98. The fourth-order valence-corrected chi connectivity index (χ4v) is 2.23. The molecule has 1 saturated heterocycles. The van der Waals surface area contributed by atoms with E-state index in [2.05, 4.69) is 55.4 Å². The molecule has 1 aromatic rings. The first-order chi connectivity index (χ1) is 7.66. The largest absolute Gasteiger partial charge is 0.308 e. The molecule has 2 nitrogen and oxygen atoms in total. The van der Waals surface area contributed by atoms with Gasteiger partial charge in [-0.2, -0.15) is 0 Å². The van der Waals surface area contributed by atoms with Crippen molar-refractivity contribution in [3.05, 3.63) is 35.4 Å². The highest BCUT2D eigenvalue weighted by atomic mass is 15.2. The van der Waals surface area contributed by atoms with Gasteiger partial charge in [0.05, 0.1) is 0 Å². The van der Waals surface area contributed by atoms with E-state index in [0.29, 0.717) is 12.0 Å². The van der Waals surface area contributed by atoms with Crippen LogP contribution in [0.1, 0.15) is 36.9 Å². The van der Waals surface area contributed by atoms with Gasteiger partial charge in [-0.3, -0.25) is 0 Å². The first kappa shape index (κ1) is 11.6. The molecule has 1 aromatic carbocycles. The van der Waals surface area contributed by atoms with E-state index in [-0.39, 0.29) is 0 Å². The van der Waals surface area contributed by atoms with Crippen molar-refractivity contribution in [1.82, 2.24) is 10.2 Å². The van der Waals surface area contributed by atoms with Crippen LogP contribution in [0.15, 0.2) is 24.3 Å². The van der Waals surface area contributed by atoms with Crippen LogP contribution in [0, 0.1) is 0 Å². The summed E-state index contributed by atoms with van der Waals surface area (Å²) in [6.45, 7) is 7.83. The van der Waals surface area contributed by atoms with Gasteiger partial charge in [0.2, 0.25) is 0 Å². The zero-order valence-electron chi connectivity index (χ0n) is 10.5. The fourth-order valence-electron chi connectivity index (χ4n) is 2.23. The molecule has 0 aromatic heterocycles. The Labute approximate surface area is 98.7 Å². The number of hydrogen-bond donors (Lipinski definition) is 1. The fraction of sp³-hybridized carbons (Fsp3) is 0.571. The number of benzene rings is 1. The lowest BCUT2D eigenvalue weighted by Crippen LogP contribution is -2.43. The van der Waals surface area contributed by atoms with Crippen molar-refractivity contribution in [2.75, 3.05) is 26.7 Å². The number of piperazine rings is 1. The standard InChI is InChI=1S/C14H22N2/c1-11(2)12-4-6-13(7-5-12)14-10-16(3)9-8-15-14/h4-7,11,14-15H,8-10H2,1-3H3. The summed E-state index contributed by atoms with van der Waals surface area (Å²) in [5.74, 6) is 0.621. The Balaban J connectivity index is 2.09. The van der Waals surface area contributed by atoms with Crippen molar-refractivity contribution in [3.8, 4) is 0 Å². The Hall–Kier alpha value is -0.860. The van der Waals surface area contributed by atoms with Crippen LogP contribution in [0.2, 0.25) is 0 Å². The molecule has 1 fully saturated rings. The molecule has 88 valence electrons. The number of hydrogen-bond acceptors (Lipinski definition) is 2. The molecular weight excluding hydrogens is 196 g/mol. The van der Waals surface area contributed by atoms with Gasteiger partial charge in [-0.15, -0.1) is 0 Å². The monoisotopic (exact) mass is 218 g/mol. The SMILES string of the molecule is CC(C)c1ccc(C2CN(C)CCN2)cc1. The topological polar surface area (TPSA) is 15.3 Å². The first-order valence-electron chi connectivity index (χ1n) is 6.18. The summed E-state index contributed by atoms with van der Waals surface area (Å²) in [5, 5.41) is 3.57. The maximum atomic E-state index is 3.57. The summed E-state index contributed by atoms with van der Waals surface area (Å²) in [4.78, 5) is 2.39. The van der Waals surface area contributed by atoms with Crippen molar-refractivity contribution in [3.63, 3.8) is 0 Å². The van der Waals surface area contributed by atoms with Crippen LogP contribution in [-0.2, 0) is 0 Å². The van der Waals surface area contributed by atoms with E-state index < -0.39 is 0 Å². The molecule has 1 atom stereocenters. The molecule has 0 amide bonds. The van der Waals surface area contributed by atoms with E-state index in [9.17, 15) is 0 Å². The summed E-state index contributed by atoms with van der Waals surface area (Å²) in [6, 6.07) is 9.56. The van der Waals surface area contributed by atoms with Crippen molar-refractivity contribution < 1.29 is 0 Å². The molecule has 2 rings (SSSR count). The van der Waals surface area contributed by atoms with Gasteiger partial charge in [-0.25, -0.2) is 0 Å². The van der Waals surface area contributed by atoms with Crippen LogP contribution in [0.3, 0.4) is 0 Å². The highest BCUT2D eigenvalue weighted by molar-refractivity contribution is 5.27. The van der Waals surface area contributed by atoms with E-state index in [1.807, 2.05) is 0 Å². The third-order valence-corrected chi connectivity index (χ3v) is 3.38. The third-order valence-electron chi connectivity index (χ3n) is 3.38. The van der Waals surface area contributed by atoms with Gasteiger partial charge in [0, 0.05) is 25.7 Å². The maximum Gasteiger partial charge on any atom is 0.0449 e. The average Bonchev–Trinajstić information content (AvgIpc) is 2.29. The average molecular weight is 218 g/mol.